The van der Waals surface area contributed by atoms with Gasteiger partial charge in [0.15, 0.2) is 0 Å². The minimum Gasteiger partial charge on any atom is -0.360 e. The summed E-state index contributed by atoms with van der Waals surface area (Å²) >= 11 is 5.79. The van der Waals surface area contributed by atoms with E-state index in [4.69, 9.17) is 11.6 Å². The highest BCUT2D eigenvalue weighted by atomic mass is 35.5. The lowest BCUT2D eigenvalue weighted by Crippen LogP contribution is -2.14. The smallest absolute Gasteiger partial charge is 0.332 e. The SMILES string of the molecule is Cc1nc(Cl)nc(NC2C(C)(C)C2(C)C)c1[N+](=O)[O-]. The van der Waals surface area contributed by atoms with Gasteiger partial charge in [0.1, 0.15) is 5.69 Å². The van der Waals surface area contributed by atoms with Gasteiger partial charge in [-0.2, -0.15) is 4.98 Å². The van der Waals surface area contributed by atoms with Gasteiger partial charge in [0, 0.05) is 6.04 Å². The molecule has 1 aliphatic rings. The number of rotatable bonds is 3. The minimum absolute atomic E-state index is 0.0156. The number of anilines is 1. The van der Waals surface area contributed by atoms with Gasteiger partial charge in [0.2, 0.25) is 11.1 Å². The zero-order valence-electron chi connectivity index (χ0n) is 11.6. The molecule has 104 valence electrons. The van der Waals surface area contributed by atoms with Crippen molar-refractivity contribution in [2.24, 2.45) is 10.8 Å². The quantitative estimate of drug-likeness (QED) is 0.524. The van der Waals surface area contributed by atoms with Crippen LogP contribution in [-0.4, -0.2) is 20.9 Å². The molecule has 1 N–H and O–H groups in total. The highest BCUT2D eigenvalue weighted by molar-refractivity contribution is 6.28. The fourth-order valence-electron chi connectivity index (χ4n) is 2.55. The Hall–Kier alpha value is -1.43. The van der Waals surface area contributed by atoms with Crippen molar-refractivity contribution in [2.45, 2.75) is 40.7 Å². The van der Waals surface area contributed by atoms with Crippen LogP contribution in [0.25, 0.3) is 0 Å². The lowest BCUT2D eigenvalue weighted by molar-refractivity contribution is -0.385. The van der Waals surface area contributed by atoms with Crippen molar-refractivity contribution in [2.75, 3.05) is 5.32 Å². The molecule has 0 unspecified atom stereocenters. The van der Waals surface area contributed by atoms with E-state index in [2.05, 4.69) is 43.0 Å². The van der Waals surface area contributed by atoms with E-state index >= 15 is 0 Å². The minimum atomic E-state index is -0.476. The lowest BCUT2D eigenvalue weighted by Gasteiger charge is -2.09. The molecule has 0 bridgehead atoms. The molecule has 1 aromatic heterocycles. The summed E-state index contributed by atoms with van der Waals surface area (Å²) in [6, 6.07) is 0.115. The summed E-state index contributed by atoms with van der Waals surface area (Å²) in [5, 5.41) is 14.3. The third kappa shape index (κ3) is 2.04. The summed E-state index contributed by atoms with van der Waals surface area (Å²) in [5.41, 5.74) is 0.255. The molecule has 1 aliphatic carbocycles. The topological polar surface area (TPSA) is 81.0 Å². The highest BCUT2D eigenvalue weighted by Crippen LogP contribution is 2.63. The summed E-state index contributed by atoms with van der Waals surface area (Å²) in [6.07, 6.45) is 0. The van der Waals surface area contributed by atoms with E-state index in [1.807, 2.05) is 0 Å². The Bertz CT molecular complexity index is 543. The summed E-state index contributed by atoms with van der Waals surface area (Å²) in [5.74, 6) is 0.200. The maximum absolute atomic E-state index is 11.1. The normalized spacial score (nSPS) is 20.1. The Balaban J connectivity index is 2.39. The molecule has 0 amide bonds. The fourth-order valence-corrected chi connectivity index (χ4v) is 2.76. The van der Waals surface area contributed by atoms with Crippen LogP contribution >= 0.6 is 11.6 Å². The van der Waals surface area contributed by atoms with Crippen LogP contribution in [0.4, 0.5) is 11.5 Å². The fraction of sp³-hybridized carbons (Fsp3) is 0.667. The molecule has 1 aromatic rings. The monoisotopic (exact) mass is 284 g/mol. The van der Waals surface area contributed by atoms with Crippen LogP contribution < -0.4 is 5.32 Å². The van der Waals surface area contributed by atoms with Gasteiger partial charge >= 0.3 is 5.69 Å². The maximum Gasteiger partial charge on any atom is 0.332 e. The number of halogens is 1. The predicted molar refractivity (Wildman–Crippen MR) is 73.4 cm³/mol. The molecule has 2 rings (SSSR count). The molecular formula is C12H17ClN4O2. The second-order valence-corrected chi connectivity index (χ2v) is 6.39. The van der Waals surface area contributed by atoms with Crippen LogP contribution in [0.5, 0.6) is 0 Å². The van der Waals surface area contributed by atoms with Gasteiger partial charge in [-0.25, -0.2) is 4.98 Å². The second kappa shape index (κ2) is 4.03. The molecule has 1 saturated carbocycles. The zero-order valence-corrected chi connectivity index (χ0v) is 12.4. The maximum atomic E-state index is 11.1. The molecule has 0 spiro atoms. The van der Waals surface area contributed by atoms with E-state index in [1.165, 1.54) is 0 Å². The summed E-state index contributed by atoms with van der Waals surface area (Å²) < 4.78 is 0. The van der Waals surface area contributed by atoms with E-state index in [9.17, 15) is 10.1 Å². The molecule has 0 aliphatic heterocycles. The average Bonchev–Trinajstić information content (AvgIpc) is 2.59. The van der Waals surface area contributed by atoms with Gasteiger partial charge in [-0.05, 0) is 29.4 Å². The number of hydrogen-bond acceptors (Lipinski definition) is 5. The lowest BCUT2D eigenvalue weighted by atomic mass is 10.0. The number of aryl methyl sites for hydroxylation is 1. The number of nitrogens with one attached hydrogen (secondary N) is 1. The standard InChI is InChI=1S/C12H17ClN4O2/c1-6-7(17(18)19)8(16-10(13)14-6)15-9-11(2,3)12(9,4)5/h9H,1-5H3,(H,14,15,16). The summed E-state index contributed by atoms with van der Waals surface area (Å²) in [4.78, 5) is 18.4. The van der Waals surface area contributed by atoms with E-state index in [0.717, 1.165) is 0 Å². The number of aromatic nitrogens is 2. The largest absolute Gasteiger partial charge is 0.360 e. The van der Waals surface area contributed by atoms with Crippen molar-refractivity contribution in [1.82, 2.24) is 9.97 Å². The van der Waals surface area contributed by atoms with Gasteiger partial charge in [0.25, 0.3) is 0 Å². The van der Waals surface area contributed by atoms with Crippen LogP contribution in [0.2, 0.25) is 5.28 Å². The third-order valence-electron chi connectivity index (χ3n) is 4.52. The van der Waals surface area contributed by atoms with Crippen LogP contribution in [0.15, 0.2) is 0 Å². The molecule has 1 fully saturated rings. The summed E-state index contributed by atoms with van der Waals surface area (Å²) in [7, 11) is 0. The van der Waals surface area contributed by atoms with Gasteiger partial charge in [-0.1, -0.05) is 27.7 Å². The van der Waals surface area contributed by atoms with Crippen LogP contribution in [-0.2, 0) is 0 Å². The van der Waals surface area contributed by atoms with Crippen molar-refractivity contribution in [3.05, 3.63) is 21.1 Å². The zero-order chi connectivity index (χ0) is 14.6. The third-order valence-corrected chi connectivity index (χ3v) is 4.68. The van der Waals surface area contributed by atoms with Crippen molar-refractivity contribution < 1.29 is 4.92 Å². The molecule has 7 heteroatoms. The van der Waals surface area contributed by atoms with Gasteiger partial charge in [-0.15, -0.1) is 0 Å². The summed E-state index contributed by atoms with van der Waals surface area (Å²) in [6.45, 7) is 10.0. The Labute approximate surface area is 116 Å². The van der Waals surface area contributed by atoms with Crippen LogP contribution in [0.1, 0.15) is 33.4 Å². The molecule has 0 aromatic carbocycles. The van der Waals surface area contributed by atoms with Gasteiger partial charge < -0.3 is 5.32 Å². The van der Waals surface area contributed by atoms with E-state index in [0.29, 0.717) is 0 Å². The van der Waals surface area contributed by atoms with Gasteiger partial charge in [0.05, 0.1) is 4.92 Å². The Morgan fingerprint density at radius 3 is 2.21 bits per heavy atom. The van der Waals surface area contributed by atoms with Crippen molar-refractivity contribution >= 4 is 23.1 Å². The number of nitro groups is 1. The first-order valence-corrected chi connectivity index (χ1v) is 6.42. The number of hydrogen-bond donors (Lipinski definition) is 1. The van der Waals surface area contributed by atoms with E-state index in [-0.39, 0.29) is 39.4 Å². The highest BCUT2D eigenvalue weighted by Gasteiger charge is 2.65. The van der Waals surface area contributed by atoms with E-state index in [1.54, 1.807) is 6.92 Å². The Morgan fingerprint density at radius 2 is 1.79 bits per heavy atom. The second-order valence-electron chi connectivity index (χ2n) is 6.05. The molecule has 0 radical (unpaired) electrons. The van der Waals surface area contributed by atoms with Crippen LogP contribution in [0.3, 0.4) is 0 Å². The Kier molecular flexibility index (Phi) is 2.97. The van der Waals surface area contributed by atoms with Gasteiger partial charge in [-0.3, -0.25) is 10.1 Å². The Morgan fingerprint density at radius 1 is 1.26 bits per heavy atom. The first-order valence-electron chi connectivity index (χ1n) is 6.04. The predicted octanol–water partition coefficient (Wildman–Crippen LogP) is 3.19. The first kappa shape index (κ1) is 14.0. The first-order chi connectivity index (χ1) is 8.59. The average molecular weight is 285 g/mol. The molecule has 0 saturated heterocycles. The van der Waals surface area contributed by atoms with Crippen molar-refractivity contribution in [1.29, 1.82) is 0 Å². The van der Waals surface area contributed by atoms with E-state index < -0.39 is 4.92 Å². The van der Waals surface area contributed by atoms with Crippen molar-refractivity contribution in [3.8, 4) is 0 Å². The molecule has 0 atom stereocenters. The molecule has 6 nitrogen and oxygen atoms in total. The molecule has 1 heterocycles. The molecular weight excluding hydrogens is 268 g/mol. The van der Waals surface area contributed by atoms with Crippen LogP contribution in [0, 0.1) is 27.9 Å². The van der Waals surface area contributed by atoms with Crippen molar-refractivity contribution in [3.63, 3.8) is 0 Å². The molecule has 19 heavy (non-hydrogen) atoms. The number of nitrogens with zero attached hydrogens (tertiary/aromatic N) is 3.